The van der Waals surface area contributed by atoms with Gasteiger partial charge in [0, 0.05) is 6.54 Å². The highest BCUT2D eigenvalue weighted by atomic mass is 16.1. The lowest BCUT2D eigenvalue weighted by molar-refractivity contribution is 0.587. The molecule has 68 valence electrons. The largest absolute Gasteiger partial charge is 0.343 e. The maximum Gasteiger partial charge on any atom is 0.343 e. The van der Waals surface area contributed by atoms with Crippen LogP contribution < -0.4 is 11.4 Å². The van der Waals surface area contributed by atoms with Crippen molar-refractivity contribution in [3.05, 3.63) is 16.3 Å². The summed E-state index contributed by atoms with van der Waals surface area (Å²) in [5, 5.41) is 6.22. The first-order valence-electron chi connectivity index (χ1n) is 4.07. The van der Waals surface area contributed by atoms with E-state index in [1.54, 1.807) is 4.57 Å². The van der Waals surface area contributed by atoms with Crippen LogP contribution in [0.1, 0.15) is 32.1 Å². The van der Waals surface area contributed by atoms with Gasteiger partial charge in [-0.15, -0.1) is 0 Å². The second kappa shape index (κ2) is 3.53. The molecule has 1 aromatic rings. The van der Waals surface area contributed by atoms with Crippen LogP contribution in [0.4, 0.5) is 0 Å². The van der Waals surface area contributed by atoms with Gasteiger partial charge in [0.25, 0.3) is 0 Å². The summed E-state index contributed by atoms with van der Waals surface area (Å²) < 4.78 is 1.57. The number of nitrogens with two attached hydrogens (primary N) is 1. The van der Waals surface area contributed by atoms with Gasteiger partial charge in [0.2, 0.25) is 0 Å². The van der Waals surface area contributed by atoms with Crippen molar-refractivity contribution in [1.82, 2.24) is 14.8 Å². The van der Waals surface area contributed by atoms with Crippen molar-refractivity contribution in [2.75, 3.05) is 0 Å². The smallest absolute Gasteiger partial charge is 0.322 e. The Morgan fingerprint density at radius 1 is 1.75 bits per heavy atom. The molecule has 3 N–H and O–H groups in total. The van der Waals surface area contributed by atoms with Gasteiger partial charge in [0.1, 0.15) is 5.82 Å². The van der Waals surface area contributed by atoms with Gasteiger partial charge in [-0.3, -0.25) is 4.57 Å². The lowest BCUT2D eigenvalue weighted by Gasteiger charge is -2.05. The van der Waals surface area contributed by atoms with Crippen molar-refractivity contribution >= 4 is 0 Å². The molecule has 0 aliphatic carbocycles. The molecule has 0 amide bonds. The topological polar surface area (TPSA) is 76.7 Å². The number of aromatic amines is 1. The molecule has 0 fully saturated rings. The van der Waals surface area contributed by atoms with E-state index in [1.807, 2.05) is 13.8 Å². The number of nitrogens with zero attached hydrogens (tertiary/aromatic N) is 2. The van der Waals surface area contributed by atoms with Gasteiger partial charge in [-0.25, -0.2) is 9.89 Å². The van der Waals surface area contributed by atoms with Crippen molar-refractivity contribution in [2.24, 2.45) is 5.73 Å². The van der Waals surface area contributed by atoms with E-state index in [2.05, 4.69) is 10.2 Å². The van der Waals surface area contributed by atoms with Gasteiger partial charge in [-0.1, -0.05) is 6.92 Å². The molecule has 0 aliphatic heterocycles. The number of nitrogens with one attached hydrogen (secondary N) is 1. The highest BCUT2D eigenvalue weighted by molar-refractivity contribution is 4.91. The zero-order valence-electron chi connectivity index (χ0n) is 7.37. The Morgan fingerprint density at radius 2 is 2.42 bits per heavy atom. The first-order valence-corrected chi connectivity index (χ1v) is 4.07. The molecule has 1 unspecified atom stereocenters. The highest BCUT2D eigenvalue weighted by Gasteiger charge is 2.10. The van der Waals surface area contributed by atoms with Crippen LogP contribution in [0.3, 0.4) is 0 Å². The second-order valence-electron chi connectivity index (χ2n) is 2.83. The van der Waals surface area contributed by atoms with Crippen molar-refractivity contribution in [3.8, 4) is 0 Å². The fourth-order valence-corrected chi connectivity index (χ4v) is 1.12. The molecular formula is C7H14N4O. The van der Waals surface area contributed by atoms with Crippen LogP contribution in [-0.4, -0.2) is 14.8 Å². The molecule has 0 saturated carbocycles. The zero-order valence-corrected chi connectivity index (χ0v) is 7.37. The summed E-state index contributed by atoms with van der Waals surface area (Å²) in [6, 6.07) is -0.199. The SMILES string of the molecule is CCCn1c(C(C)N)n[nH]c1=O. The number of hydrogen-bond acceptors (Lipinski definition) is 3. The number of rotatable bonds is 3. The third-order valence-electron chi connectivity index (χ3n) is 1.64. The van der Waals surface area contributed by atoms with Crippen LogP contribution >= 0.6 is 0 Å². The molecule has 0 spiro atoms. The first kappa shape index (κ1) is 8.99. The number of aromatic nitrogens is 3. The maximum absolute atomic E-state index is 11.1. The van der Waals surface area contributed by atoms with Crippen LogP contribution in [-0.2, 0) is 6.54 Å². The zero-order chi connectivity index (χ0) is 9.14. The van der Waals surface area contributed by atoms with Crippen LogP contribution in [0.25, 0.3) is 0 Å². The third-order valence-corrected chi connectivity index (χ3v) is 1.64. The van der Waals surface area contributed by atoms with Crippen molar-refractivity contribution in [2.45, 2.75) is 32.9 Å². The van der Waals surface area contributed by atoms with E-state index in [9.17, 15) is 4.79 Å². The highest BCUT2D eigenvalue weighted by Crippen LogP contribution is 2.02. The quantitative estimate of drug-likeness (QED) is 0.670. The van der Waals surface area contributed by atoms with E-state index < -0.39 is 0 Å². The number of H-pyrrole nitrogens is 1. The van der Waals surface area contributed by atoms with Crippen LogP contribution in [0.5, 0.6) is 0 Å². The molecule has 5 nitrogen and oxygen atoms in total. The van der Waals surface area contributed by atoms with Gasteiger partial charge in [0.15, 0.2) is 0 Å². The van der Waals surface area contributed by atoms with Crippen LogP contribution in [0, 0.1) is 0 Å². The van der Waals surface area contributed by atoms with Gasteiger partial charge >= 0.3 is 5.69 Å². The predicted octanol–water partition coefficient (Wildman–Crippen LogP) is 0.00110. The minimum absolute atomic E-state index is 0.177. The van der Waals surface area contributed by atoms with E-state index in [0.29, 0.717) is 12.4 Å². The molecule has 12 heavy (non-hydrogen) atoms. The molecule has 0 saturated heterocycles. The summed E-state index contributed by atoms with van der Waals surface area (Å²) in [5.74, 6) is 0.627. The van der Waals surface area contributed by atoms with E-state index in [4.69, 9.17) is 5.73 Å². The Kier molecular flexibility index (Phi) is 2.65. The second-order valence-corrected chi connectivity index (χ2v) is 2.83. The average Bonchev–Trinajstić information content (AvgIpc) is 2.34. The van der Waals surface area contributed by atoms with Crippen LogP contribution in [0.2, 0.25) is 0 Å². The first-order chi connectivity index (χ1) is 5.66. The molecule has 1 atom stereocenters. The average molecular weight is 170 g/mol. The third kappa shape index (κ3) is 1.55. The predicted molar refractivity (Wildman–Crippen MR) is 45.7 cm³/mol. The van der Waals surface area contributed by atoms with Crippen LogP contribution in [0.15, 0.2) is 4.79 Å². The normalized spacial score (nSPS) is 13.2. The maximum atomic E-state index is 11.1. The van der Waals surface area contributed by atoms with E-state index in [1.165, 1.54) is 0 Å². The Balaban J connectivity index is 3.04. The van der Waals surface area contributed by atoms with E-state index in [-0.39, 0.29) is 11.7 Å². The van der Waals surface area contributed by atoms with Crippen molar-refractivity contribution in [1.29, 1.82) is 0 Å². The van der Waals surface area contributed by atoms with Gasteiger partial charge in [0.05, 0.1) is 6.04 Å². The molecule has 1 heterocycles. The molecule has 0 radical (unpaired) electrons. The molecule has 0 bridgehead atoms. The van der Waals surface area contributed by atoms with Crippen molar-refractivity contribution < 1.29 is 0 Å². The lowest BCUT2D eigenvalue weighted by atomic mass is 10.3. The summed E-state index contributed by atoms with van der Waals surface area (Å²) >= 11 is 0. The molecule has 0 aliphatic rings. The Bertz CT molecular complexity index is 299. The summed E-state index contributed by atoms with van der Waals surface area (Å²) in [4.78, 5) is 11.1. The summed E-state index contributed by atoms with van der Waals surface area (Å²) in [6.45, 7) is 4.48. The summed E-state index contributed by atoms with van der Waals surface area (Å²) in [7, 11) is 0. The molecular weight excluding hydrogens is 156 g/mol. The minimum Gasteiger partial charge on any atom is -0.322 e. The monoisotopic (exact) mass is 170 g/mol. The molecule has 5 heteroatoms. The van der Waals surface area contributed by atoms with Crippen molar-refractivity contribution in [3.63, 3.8) is 0 Å². The van der Waals surface area contributed by atoms with E-state index in [0.717, 1.165) is 6.42 Å². The lowest BCUT2D eigenvalue weighted by Crippen LogP contribution is -2.21. The standard InChI is InChI=1S/C7H14N4O/c1-3-4-11-6(5(2)8)9-10-7(11)12/h5H,3-4,8H2,1-2H3,(H,10,12). The molecule has 1 aromatic heterocycles. The molecule has 1 rings (SSSR count). The number of hydrogen-bond donors (Lipinski definition) is 2. The fourth-order valence-electron chi connectivity index (χ4n) is 1.12. The Hall–Kier alpha value is -1.10. The van der Waals surface area contributed by atoms with E-state index >= 15 is 0 Å². The minimum atomic E-state index is -0.199. The Morgan fingerprint density at radius 3 is 2.92 bits per heavy atom. The summed E-state index contributed by atoms with van der Waals surface area (Å²) in [6.07, 6.45) is 0.902. The fraction of sp³-hybridized carbons (Fsp3) is 0.714. The molecule has 0 aromatic carbocycles. The Labute approximate surface area is 70.6 Å². The van der Waals surface area contributed by atoms with Gasteiger partial charge in [-0.2, -0.15) is 5.10 Å². The summed E-state index contributed by atoms with van der Waals surface area (Å²) in [5.41, 5.74) is 5.44. The van der Waals surface area contributed by atoms with Gasteiger partial charge < -0.3 is 5.73 Å². The van der Waals surface area contributed by atoms with Gasteiger partial charge in [-0.05, 0) is 13.3 Å².